The Bertz CT molecular complexity index is 755. The highest BCUT2D eigenvalue weighted by atomic mass is 31.2. The van der Waals surface area contributed by atoms with Crippen LogP contribution in [0.25, 0.3) is 0 Å². The van der Waals surface area contributed by atoms with Crippen molar-refractivity contribution < 1.29 is 23.6 Å². The van der Waals surface area contributed by atoms with Crippen LogP contribution in [0.15, 0.2) is 84.9 Å². The van der Waals surface area contributed by atoms with E-state index in [2.05, 4.69) is 0 Å². The zero-order valence-electron chi connectivity index (χ0n) is 13.6. The van der Waals surface area contributed by atoms with E-state index in [4.69, 9.17) is 14.2 Å². The lowest BCUT2D eigenvalue weighted by atomic mass is 10.2. The van der Waals surface area contributed by atoms with Gasteiger partial charge in [0.1, 0.15) is 17.2 Å². The highest BCUT2D eigenvalue weighted by molar-refractivity contribution is 7.48. The fraction of sp³-hybridized carbons (Fsp3) is 0.0526. The third-order valence-corrected chi connectivity index (χ3v) is 3.93. The molecule has 0 amide bonds. The van der Waals surface area contributed by atoms with E-state index in [0.29, 0.717) is 5.75 Å². The molecule has 0 atom stereocenters. The van der Waals surface area contributed by atoms with Gasteiger partial charge in [0.2, 0.25) is 0 Å². The molecule has 0 saturated heterocycles. The molecule has 6 heteroatoms. The van der Waals surface area contributed by atoms with Gasteiger partial charge in [-0.2, -0.15) is 0 Å². The first-order chi connectivity index (χ1) is 12.0. The van der Waals surface area contributed by atoms with Crippen molar-refractivity contribution in [3.63, 3.8) is 0 Å². The summed E-state index contributed by atoms with van der Waals surface area (Å²) >= 11 is 0. The normalized spacial score (nSPS) is 10.3. The standard InChI is InChI=1S/C12H11O4P.C7H8O/c13-17(14,15-11-7-3-1-4-8-11)16-12-9-5-2-6-10-12;1-6-4-2-3-5-7(6)8/h1-10H,(H,13,14);2-5,8H,1H3. The van der Waals surface area contributed by atoms with Crippen LogP contribution in [0.4, 0.5) is 0 Å². The van der Waals surface area contributed by atoms with E-state index in [1.165, 1.54) is 0 Å². The average Bonchev–Trinajstić information content (AvgIpc) is 2.59. The molecule has 0 aliphatic carbocycles. The second kappa shape index (κ2) is 8.92. The third-order valence-electron chi connectivity index (χ3n) is 3.04. The lowest BCUT2D eigenvalue weighted by Gasteiger charge is -2.13. The maximum Gasteiger partial charge on any atom is 0.584 e. The van der Waals surface area contributed by atoms with Crippen molar-refractivity contribution in [2.24, 2.45) is 0 Å². The highest BCUT2D eigenvalue weighted by Crippen LogP contribution is 2.44. The van der Waals surface area contributed by atoms with Crippen LogP contribution in [0.2, 0.25) is 0 Å². The third kappa shape index (κ3) is 6.71. The number of benzene rings is 3. The predicted molar refractivity (Wildman–Crippen MR) is 96.8 cm³/mol. The molecule has 0 bridgehead atoms. The first kappa shape index (κ1) is 18.6. The Kier molecular flexibility index (Phi) is 6.63. The van der Waals surface area contributed by atoms with Gasteiger partial charge in [0.05, 0.1) is 0 Å². The fourth-order valence-corrected chi connectivity index (χ4v) is 2.62. The molecule has 5 nitrogen and oxygen atoms in total. The first-order valence-electron chi connectivity index (χ1n) is 7.53. The average molecular weight is 358 g/mol. The summed E-state index contributed by atoms with van der Waals surface area (Å²) in [4.78, 5) is 9.53. The van der Waals surface area contributed by atoms with Crippen LogP contribution in [0.5, 0.6) is 17.2 Å². The summed E-state index contributed by atoms with van der Waals surface area (Å²) in [5, 5.41) is 8.92. The number of phosphoric acid groups is 1. The Hall–Kier alpha value is -2.75. The van der Waals surface area contributed by atoms with E-state index in [0.717, 1.165) is 5.56 Å². The Balaban J connectivity index is 0.000000236. The molecule has 0 heterocycles. The Morgan fingerprint density at radius 1 is 0.720 bits per heavy atom. The van der Waals surface area contributed by atoms with Gasteiger partial charge in [-0.3, -0.25) is 4.89 Å². The van der Waals surface area contributed by atoms with Gasteiger partial charge in [-0.25, -0.2) is 4.57 Å². The Labute approximate surface area is 146 Å². The molecule has 0 radical (unpaired) electrons. The van der Waals surface area contributed by atoms with Crippen molar-refractivity contribution in [2.75, 3.05) is 0 Å². The summed E-state index contributed by atoms with van der Waals surface area (Å²) in [6.45, 7) is 1.87. The van der Waals surface area contributed by atoms with Crippen LogP contribution < -0.4 is 9.05 Å². The molecule has 0 unspecified atom stereocenters. The number of para-hydroxylation sites is 3. The summed E-state index contributed by atoms with van der Waals surface area (Å²) in [5.74, 6) is 0.941. The summed E-state index contributed by atoms with van der Waals surface area (Å²) in [5.41, 5.74) is 0.924. The Morgan fingerprint density at radius 3 is 1.48 bits per heavy atom. The SMILES string of the molecule is Cc1ccccc1O.O=P(O)(Oc1ccccc1)Oc1ccccc1. The molecule has 3 rings (SSSR count). The highest BCUT2D eigenvalue weighted by Gasteiger charge is 2.24. The van der Waals surface area contributed by atoms with Crippen molar-refractivity contribution in [2.45, 2.75) is 6.92 Å². The van der Waals surface area contributed by atoms with E-state index in [1.807, 2.05) is 25.1 Å². The number of hydrogen-bond donors (Lipinski definition) is 2. The van der Waals surface area contributed by atoms with Crippen molar-refractivity contribution in [3.05, 3.63) is 90.5 Å². The maximum atomic E-state index is 11.7. The second-order valence-electron chi connectivity index (χ2n) is 5.06. The van der Waals surface area contributed by atoms with E-state index >= 15 is 0 Å². The van der Waals surface area contributed by atoms with Gasteiger partial charge in [0, 0.05) is 0 Å². The van der Waals surface area contributed by atoms with Gasteiger partial charge in [-0.1, -0.05) is 54.6 Å². The van der Waals surface area contributed by atoms with Crippen LogP contribution >= 0.6 is 7.82 Å². The molecule has 0 aliphatic rings. The predicted octanol–water partition coefficient (Wildman–Crippen LogP) is 4.95. The van der Waals surface area contributed by atoms with E-state index in [9.17, 15) is 9.46 Å². The molecule has 0 aromatic heterocycles. The maximum absolute atomic E-state index is 11.7. The second-order valence-corrected chi connectivity index (χ2v) is 6.37. The minimum atomic E-state index is -4.14. The van der Waals surface area contributed by atoms with Crippen molar-refractivity contribution >= 4 is 7.82 Å². The quantitative estimate of drug-likeness (QED) is 0.646. The van der Waals surface area contributed by atoms with Crippen LogP contribution in [0.1, 0.15) is 5.56 Å². The Morgan fingerprint density at radius 2 is 1.12 bits per heavy atom. The zero-order chi connectivity index (χ0) is 18.1. The largest absolute Gasteiger partial charge is 0.584 e. The van der Waals surface area contributed by atoms with Gasteiger partial charge in [0.25, 0.3) is 0 Å². The molecule has 0 aliphatic heterocycles. The number of phenols is 1. The molecule has 3 aromatic rings. The van der Waals surface area contributed by atoms with Crippen LogP contribution in [-0.2, 0) is 4.57 Å². The van der Waals surface area contributed by atoms with Gasteiger partial charge in [0.15, 0.2) is 0 Å². The van der Waals surface area contributed by atoms with Gasteiger partial charge >= 0.3 is 7.82 Å². The number of aromatic hydroxyl groups is 1. The van der Waals surface area contributed by atoms with Crippen LogP contribution in [0.3, 0.4) is 0 Å². The lowest BCUT2D eigenvalue weighted by molar-refractivity contribution is 0.291. The van der Waals surface area contributed by atoms with Gasteiger partial charge in [-0.15, -0.1) is 0 Å². The van der Waals surface area contributed by atoms with Gasteiger partial charge < -0.3 is 14.2 Å². The number of phosphoric ester groups is 1. The molecular formula is C19H19O5P. The number of rotatable bonds is 4. The molecule has 25 heavy (non-hydrogen) atoms. The van der Waals surface area contributed by atoms with Crippen LogP contribution in [-0.4, -0.2) is 10.00 Å². The number of aryl methyl sites for hydroxylation is 1. The topological polar surface area (TPSA) is 76.0 Å². The summed E-state index contributed by atoms with van der Waals surface area (Å²) < 4.78 is 21.5. The zero-order valence-corrected chi connectivity index (χ0v) is 14.5. The van der Waals surface area contributed by atoms with E-state index in [1.54, 1.807) is 66.7 Å². The minimum absolute atomic E-state index is 0.286. The summed E-state index contributed by atoms with van der Waals surface area (Å²) in [6.07, 6.45) is 0. The molecule has 0 fully saturated rings. The van der Waals surface area contributed by atoms with Crippen molar-refractivity contribution in [3.8, 4) is 17.2 Å². The summed E-state index contributed by atoms with van der Waals surface area (Å²) in [6, 6.07) is 24.0. The fourth-order valence-electron chi connectivity index (χ4n) is 1.81. The van der Waals surface area contributed by atoms with Crippen LogP contribution in [0, 0.1) is 6.92 Å². The summed E-state index contributed by atoms with van der Waals surface area (Å²) in [7, 11) is -4.14. The van der Waals surface area contributed by atoms with E-state index in [-0.39, 0.29) is 11.5 Å². The number of phenolic OH excluding ortho intramolecular Hbond substituents is 1. The minimum Gasteiger partial charge on any atom is -0.508 e. The van der Waals surface area contributed by atoms with E-state index < -0.39 is 7.82 Å². The molecular weight excluding hydrogens is 339 g/mol. The number of hydrogen-bond acceptors (Lipinski definition) is 4. The molecule has 3 aromatic carbocycles. The lowest BCUT2D eigenvalue weighted by Crippen LogP contribution is -1.99. The van der Waals surface area contributed by atoms with Gasteiger partial charge in [-0.05, 0) is 42.8 Å². The molecule has 0 spiro atoms. The molecule has 2 N–H and O–H groups in total. The molecule has 0 saturated carbocycles. The monoisotopic (exact) mass is 358 g/mol. The van der Waals surface area contributed by atoms with Crippen molar-refractivity contribution in [1.29, 1.82) is 0 Å². The van der Waals surface area contributed by atoms with Crippen molar-refractivity contribution in [1.82, 2.24) is 0 Å². The first-order valence-corrected chi connectivity index (χ1v) is 9.02. The molecule has 130 valence electrons. The smallest absolute Gasteiger partial charge is 0.508 e.